The first-order valence-electron chi connectivity index (χ1n) is 6.55. The third-order valence-electron chi connectivity index (χ3n) is 3.36. The number of aromatic nitrogens is 1. The van der Waals surface area contributed by atoms with Crippen molar-refractivity contribution in [2.75, 3.05) is 13.1 Å². The van der Waals surface area contributed by atoms with Crippen LogP contribution in [0, 0.1) is 0 Å². The molecule has 1 saturated heterocycles. The van der Waals surface area contributed by atoms with Crippen LogP contribution in [0.1, 0.15) is 23.1 Å². The number of carbonyl (C=O) groups excluding carboxylic acids is 2. The molecule has 104 valence electrons. The summed E-state index contributed by atoms with van der Waals surface area (Å²) in [6.07, 6.45) is 0.802. The lowest BCUT2D eigenvalue weighted by molar-refractivity contribution is -0.119. The Hall–Kier alpha value is -1.95. The average molecular weight is 289 g/mol. The Morgan fingerprint density at radius 3 is 2.95 bits per heavy atom. The predicted molar refractivity (Wildman–Crippen MR) is 77.7 cm³/mol. The van der Waals surface area contributed by atoms with E-state index in [1.807, 2.05) is 24.3 Å². The average Bonchev–Trinajstić information content (AvgIpc) is 3.03. The van der Waals surface area contributed by atoms with Crippen molar-refractivity contribution in [2.24, 2.45) is 0 Å². The minimum Gasteiger partial charge on any atom is -0.352 e. The van der Waals surface area contributed by atoms with Crippen molar-refractivity contribution in [2.45, 2.75) is 19.4 Å². The highest BCUT2D eigenvalue weighted by Gasteiger charge is 2.28. The number of fused-ring (bicyclic) bond motifs is 1. The molecule has 3 rings (SSSR count). The zero-order valence-corrected chi connectivity index (χ0v) is 11.9. The molecule has 0 saturated carbocycles. The fourth-order valence-electron chi connectivity index (χ4n) is 2.45. The number of carbonyl (C=O) groups is 2. The second-order valence-corrected chi connectivity index (χ2v) is 5.95. The van der Waals surface area contributed by atoms with Gasteiger partial charge in [-0.15, -0.1) is 11.3 Å². The molecule has 1 aromatic carbocycles. The summed E-state index contributed by atoms with van der Waals surface area (Å²) >= 11 is 1.42. The third kappa shape index (κ3) is 2.51. The molecule has 1 atom stereocenters. The van der Waals surface area contributed by atoms with Crippen LogP contribution in [0.4, 0.5) is 0 Å². The fraction of sp³-hybridized carbons (Fsp3) is 0.357. The Morgan fingerprint density at radius 1 is 1.40 bits per heavy atom. The first-order valence-corrected chi connectivity index (χ1v) is 7.37. The number of para-hydroxylation sites is 1. The molecule has 1 aliphatic rings. The Kier molecular flexibility index (Phi) is 3.40. The first kappa shape index (κ1) is 13.1. The number of amides is 2. The summed E-state index contributed by atoms with van der Waals surface area (Å²) in [5, 5.41) is 3.38. The smallest absolute Gasteiger partial charge is 0.282 e. The summed E-state index contributed by atoms with van der Waals surface area (Å²) in [6, 6.07) is 7.79. The molecular weight excluding hydrogens is 274 g/mol. The van der Waals surface area contributed by atoms with Crippen LogP contribution >= 0.6 is 11.3 Å². The Balaban J connectivity index is 1.74. The van der Waals surface area contributed by atoms with Gasteiger partial charge in [0.1, 0.15) is 0 Å². The van der Waals surface area contributed by atoms with E-state index in [1.54, 1.807) is 4.90 Å². The number of hydrogen-bond acceptors (Lipinski definition) is 4. The van der Waals surface area contributed by atoms with Gasteiger partial charge in [-0.2, -0.15) is 0 Å². The van der Waals surface area contributed by atoms with E-state index in [-0.39, 0.29) is 17.9 Å². The van der Waals surface area contributed by atoms with Crippen LogP contribution in [0.25, 0.3) is 10.2 Å². The van der Waals surface area contributed by atoms with Crippen LogP contribution in [-0.4, -0.2) is 40.8 Å². The molecule has 1 unspecified atom stereocenters. The summed E-state index contributed by atoms with van der Waals surface area (Å²) in [4.78, 5) is 29.6. The quantitative estimate of drug-likeness (QED) is 0.914. The highest BCUT2D eigenvalue weighted by Crippen LogP contribution is 2.23. The van der Waals surface area contributed by atoms with E-state index in [2.05, 4.69) is 10.3 Å². The van der Waals surface area contributed by atoms with Gasteiger partial charge in [0.2, 0.25) is 5.91 Å². The lowest BCUT2D eigenvalue weighted by atomic mass is 10.3. The van der Waals surface area contributed by atoms with Crippen molar-refractivity contribution in [3.05, 3.63) is 29.3 Å². The number of benzene rings is 1. The largest absolute Gasteiger partial charge is 0.352 e. The summed E-state index contributed by atoms with van der Waals surface area (Å²) in [5.41, 5.74) is 0.860. The van der Waals surface area contributed by atoms with Crippen LogP contribution in [0.3, 0.4) is 0 Å². The van der Waals surface area contributed by atoms with Crippen molar-refractivity contribution in [1.82, 2.24) is 15.2 Å². The van der Waals surface area contributed by atoms with Crippen molar-refractivity contribution in [1.29, 1.82) is 0 Å². The van der Waals surface area contributed by atoms with Crippen LogP contribution < -0.4 is 5.32 Å². The van der Waals surface area contributed by atoms with Gasteiger partial charge in [0.25, 0.3) is 5.91 Å². The number of hydrogen-bond donors (Lipinski definition) is 1. The SMILES string of the molecule is CC(=O)NC1CCN(C(=O)c2nc3ccccc3s2)C1. The molecule has 0 bridgehead atoms. The number of nitrogens with zero attached hydrogens (tertiary/aromatic N) is 2. The van der Waals surface area contributed by atoms with E-state index >= 15 is 0 Å². The van der Waals surface area contributed by atoms with Gasteiger partial charge in [-0.3, -0.25) is 9.59 Å². The zero-order valence-electron chi connectivity index (χ0n) is 11.1. The Labute approximate surface area is 120 Å². The topological polar surface area (TPSA) is 62.3 Å². The van der Waals surface area contributed by atoms with Gasteiger partial charge < -0.3 is 10.2 Å². The van der Waals surface area contributed by atoms with Crippen LogP contribution in [0.15, 0.2) is 24.3 Å². The van der Waals surface area contributed by atoms with Gasteiger partial charge in [-0.05, 0) is 18.6 Å². The monoisotopic (exact) mass is 289 g/mol. The molecule has 6 heteroatoms. The zero-order chi connectivity index (χ0) is 14.1. The molecule has 0 radical (unpaired) electrons. The summed E-state index contributed by atoms with van der Waals surface area (Å²) in [7, 11) is 0. The Morgan fingerprint density at radius 2 is 2.20 bits per heavy atom. The lowest BCUT2D eigenvalue weighted by Gasteiger charge is -2.15. The van der Waals surface area contributed by atoms with Gasteiger partial charge in [0.15, 0.2) is 5.01 Å². The van der Waals surface area contributed by atoms with Crippen LogP contribution in [0.5, 0.6) is 0 Å². The molecule has 1 fully saturated rings. The molecule has 1 aromatic heterocycles. The third-order valence-corrected chi connectivity index (χ3v) is 4.38. The van der Waals surface area contributed by atoms with Crippen molar-refractivity contribution < 1.29 is 9.59 Å². The van der Waals surface area contributed by atoms with E-state index in [0.717, 1.165) is 16.6 Å². The maximum Gasteiger partial charge on any atom is 0.282 e. The predicted octanol–water partition coefficient (Wildman–Crippen LogP) is 1.65. The molecule has 20 heavy (non-hydrogen) atoms. The van der Waals surface area contributed by atoms with E-state index in [4.69, 9.17) is 0 Å². The molecule has 2 heterocycles. The number of thiazole rings is 1. The fourth-order valence-corrected chi connectivity index (χ4v) is 3.38. The van der Waals surface area contributed by atoms with Crippen LogP contribution in [-0.2, 0) is 4.79 Å². The van der Waals surface area contributed by atoms with E-state index in [1.165, 1.54) is 18.3 Å². The molecule has 5 nitrogen and oxygen atoms in total. The van der Waals surface area contributed by atoms with Crippen molar-refractivity contribution in [3.63, 3.8) is 0 Å². The van der Waals surface area contributed by atoms with Gasteiger partial charge >= 0.3 is 0 Å². The number of likely N-dealkylation sites (tertiary alicyclic amines) is 1. The first-order chi connectivity index (χ1) is 9.63. The van der Waals surface area contributed by atoms with E-state index in [0.29, 0.717) is 18.1 Å². The minimum atomic E-state index is -0.0516. The molecule has 0 aliphatic carbocycles. The summed E-state index contributed by atoms with van der Waals surface area (Å²) in [6.45, 7) is 2.73. The minimum absolute atomic E-state index is 0.0425. The van der Waals surface area contributed by atoms with Gasteiger partial charge in [-0.1, -0.05) is 12.1 Å². The standard InChI is InChI=1S/C14H15N3O2S/c1-9(18)15-10-6-7-17(8-10)14(19)13-16-11-4-2-3-5-12(11)20-13/h2-5,10H,6-8H2,1H3,(H,15,18). The highest BCUT2D eigenvalue weighted by molar-refractivity contribution is 7.20. The molecule has 0 spiro atoms. The summed E-state index contributed by atoms with van der Waals surface area (Å²) < 4.78 is 1.02. The second-order valence-electron chi connectivity index (χ2n) is 4.92. The second kappa shape index (κ2) is 5.20. The normalized spacial score (nSPS) is 18.4. The number of rotatable bonds is 2. The Bertz CT molecular complexity index is 634. The van der Waals surface area contributed by atoms with Crippen molar-refractivity contribution in [3.8, 4) is 0 Å². The van der Waals surface area contributed by atoms with Gasteiger partial charge in [0.05, 0.1) is 10.2 Å². The molecule has 1 N–H and O–H groups in total. The number of nitrogens with one attached hydrogen (secondary N) is 1. The maximum atomic E-state index is 12.4. The van der Waals surface area contributed by atoms with E-state index in [9.17, 15) is 9.59 Å². The highest BCUT2D eigenvalue weighted by atomic mass is 32.1. The molecule has 2 aromatic rings. The lowest BCUT2D eigenvalue weighted by Crippen LogP contribution is -2.37. The van der Waals surface area contributed by atoms with Gasteiger partial charge in [-0.25, -0.2) is 4.98 Å². The van der Waals surface area contributed by atoms with Crippen molar-refractivity contribution >= 4 is 33.4 Å². The van der Waals surface area contributed by atoms with Crippen LogP contribution in [0.2, 0.25) is 0 Å². The molecular formula is C14H15N3O2S. The summed E-state index contributed by atoms with van der Waals surface area (Å²) in [5.74, 6) is -0.0941. The molecule has 1 aliphatic heterocycles. The van der Waals surface area contributed by atoms with E-state index < -0.39 is 0 Å². The molecule has 2 amide bonds. The maximum absolute atomic E-state index is 12.4. The van der Waals surface area contributed by atoms with Gasteiger partial charge in [0, 0.05) is 26.1 Å².